The minimum absolute atomic E-state index is 0.159. The van der Waals surface area contributed by atoms with Crippen LogP contribution in [0.15, 0.2) is 73.3 Å². The molecule has 4 bridgehead atoms. The van der Waals surface area contributed by atoms with Crippen molar-refractivity contribution in [3.8, 4) is 0 Å². The van der Waals surface area contributed by atoms with Gasteiger partial charge in [-0.2, -0.15) is 0 Å². The van der Waals surface area contributed by atoms with E-state index in [1.54, 1.807) is 0 Å². The van der Waals surface area contributed by atoms with Gasteiger partial charge in [0.05, 0.1) is 31.7 Å². The predicted octanol–water partition coefficient (Wildman–Crippen LogP) is 3.87. The third-order valence-electron chi connectivity index (χ3n) is 6.61. The largest absolute Gasteiger partial charge is 0.377 e. The van der Waals surface area contributed by atoms with Crippen LogP contribution in [-0.2, 0) is 4.74 Å². The highest BCUT2D eigenvalue weighted by molar-refractivity contribution is 5.27. The predicted molar refractivity (Wildman–Crippen MR) is 111 cm³/mol. The van der Waals surface area contributed by atoms with E-state index in [2.05, 4.69) is 88.9 Å². The van der Waals surface area contributed by atoms with E-state index in [0.29, 0.717) is 25.1 Å². The van der Waals surface area contributed by atoms with Gasteiger partial charge in [0.1, 0.15) is 0 Å². The molecule has 4 nitrogen and oxygen atoms in total. The van der Waals surface area contributed by atoms with Crippen molar-refractivity contribution in [1.29, 1.82) is 0 Å². The van der Waals surface area contributed by atoms with E-state index in [1.165, 1.54) is 11.1 Å². The Hall–Kier alpha value is -1.98. The third kappa shape index (κ3) is 2.83. The highest BCUT2D eigenvalue weighted by Gasteiger charge is 2.59. The molecule has 0 N–H and O–H groups in total. The van der Waals surface area contributed by atoms with Crippen molar-refractivity contribution < 1.29 is 4.74 Å². The summed E-state index contributed by atoms with van der Waals surface area (Å²) < 4.78 is 5.99. The zero-order chi connectivity index (χ0) is 19.1. The van der Waals surface area contributed by atoms with Gasteiger partial charge in [0.25, 0.3) is 0 Å². The molecule has 4 aliphatic rings. The van der Waals surface area contributed by atoms with Crippen LogP contribution >= 0.6 is 0 Å². The minimum atomic E-state index is 0.159. The summed E-state index contributed by atoms with van der Waals surface area (Å²) in [5.41, 5.74) is 2.93. The normalized spacial score (nSPS) is 38.5. The molecule has 0 aliphatic carbocycles. The fourth-order valence-corrected chi connectivity index (χ4v) is 5.55. The molecule has 4 atom stereocenters. The van der Waals surface area contributed by atoms with Crippen LogP contribution in [0, 0.1) is 5.41 Å². The molecule has 0 saturated carbocycles. The fourth-order valence-electron chi connectivity index (χ4n) is 5.55. The van der Waals surface area contributed by atoms with Gasteiger partial charge in [-0.05, 0) is 18.1 Å². The molecule has 0 radical (unpaired) electrons. The molecule has 0 amide bonds. The maximum atomic E-state index is 5.99. The number of benzene rings is 2. The molecule has 4 fully saturated rings. The Morgan fingerprint density at radius 2 is 1.39 bits per heavy atom. The molecule has 4 heteroatoms. The SMILES string of the molecule is C=CCOCC12CN3C(C)N(C1)C(c1ccccc1)N(C2)C3c1ccccc1. The van der Waals surface area contributed by atoms with Crippen molar-refractivity contribution in [3.63, 3.8) is 0 Å². The Morgan fingerprint density at radius 3 is 1.89 bits per heavy atom. The Balaban J connectivity index is 1.55. The van der Waals surface area contributed by atoms with E-state index in [1.807, 2.05) is 6.08 Å². The summed E-state index contributed by atoms with van der Waals surface area (Å²) in [6.45, 7) is 10.8. The second-order valence-electron chi connectivity index (χ2n) is 8.52. The van der Waals surface area contributed by atoms with Gasteiger partial charge in [-0.25, -0.2) is 0 Å². The van der Waals surface area contributed by atoms with Gasteiger partial charge in [0, 0.05) is 25.0 Å². The molecule has 28 heavy (non-hydrogen) atoms. The quantitative estimate of drug-likeness (QED) is 0.564. The van der Waals surface area contributed by atoms with Gasteiger partial charge in [-0.1, -0.05) is 66.7 Å². The number of ether oxygens (including phenoxy) is 1. The summed E-state index contributed by atoms with van der Waals surface area (Å²) in [5, 5.41) is 0. The summed E-state index contributed by atoms with van der Waals surface area (Å²) in [5.74, 6) is 0. The number of rotatable bonds is 6. The van der Waals surface area contributed by atoms with Crippen LogP contribution in [0.3, 0.4) is 0 Å². The molecule has 4 heterocycles. The van der Waals surface area contributed by atoms with Crippen LogP contribution in [0.4, 0.5) is 0 Å². The van der Waals surface area contributed by atoms with Crippen LogP contribution in [0.5, 0.6) is 0 Å². The highest BCUT2D eigenvalue weighted by Crippen LogP contribution is 2.53. The van der Waals surface area contributed by atoms with Gasteiger partial charge in [-0.15, -0.1) is 6.58 Å². The monoisotopic (exact) mass is 375 g/mol. The molecule has 4 saturated heterocycles. The Morgan fingerprint density at radius 1 is 0.893 bits per heavy atom. The molecule has 0 spiro atoms. The van der Waals surface area contributed by atoms with E-state index in [9.17, 15) is 0 Å². The lowest BCUT2D eigenvalue weighted by atomic mass is 9.77. The van der Waals surface area contributed by atoms with Crippen LogP contribution in [0.2, 0.25) is 0 Å². The summed E-state index contributed by atoms with van der Waals surface area (Å²) >= 11 is 0. The van der Waals surface area contributed by atoms with Crippen LogP contribution in [0.25, 0.3) is 0 Å². The van der Waals surface area contributed by atoms with Gasteiger partial charge in [0.15, 0.2) is 0 Å². The van der Waals surface area contributed by atoms with Gasteiger partial charge in [0.2, 0.25) is 0 Å². The Bertz CT molecular complexity index is 767. The lowest BCUT2D eigenvalue weighted by Crippen LogP contribution is -2.78. The molecule has 146 valence electrons. The second-order valence-corrected chi connectivity index (χ2v) is 8.52. The van der Waals surface area contributed by atoms with Crippen LogP contribution < -0.4 is 0 Å². The maximum absolute atomic E-state index is 5.99. The van der Waals surface area contributed by atoms with Crippen molar-refractivity contribution in [2.24, 2.45) is 5.41 Å². The van der Waals surface area contributed by atoms with Crippen molar-refractivity contribution in [1.82, 2.24) is 14.7 Å². The van der Waals surface area contributed by atoms with Crippen molar-refractivity contribution >= 4 is 0 Å². The molecule has 4 unspecified atom stereocenters. The molecule has 0 aromatic heterocycles. The van der Waals surface area contributed by atoms with Crippen molar-refractivity contribution in [2.75, 3.05) is 32.8 Å². The van der Waals surface area contributed by atoms with Crippen LogP contribution in [-0.4, -0.2) is 53.7 Å². The van der Waals surface area contributed by atoms with Gasteiger partial charge < -0.3 is 4.74 Å². The Kier molecular flexibility index (Phi) is 4.60. The first-order valence-electron chi connectivity index (χ1n) is 10.3. The number of hydrogen-bond donors (Lipinski definition) is 0. The van der Waals surface area contributed by atoms with E-state index < -0.39 is 0 Å². The Labute approximate surface area is 168 Å². The van der Waals surface area contributed by atoms with Crippen molar-refractivity contribution in [2.45, 2.75) is 25.4 Å². The molecule has 2 aromatic carbocycles. The molecular weight excluding hydrogens is 346 g/mol. The lowest BCUT2D eigenvalue weighted by molar-refractivity contribution is -0.286. The van der Waals surface area contributed by atoms with E-state index in [4.69, 9.17) is 4.74 Å². The second kappa shape index (κ2) is 7.12. The molecule has 4 aliphatic heterocycles. The summed E-state index contributed by atoms with van der Waals surface area (Å²) in [7, 11) is 0. The third-order valence-corrected chi connectivity index (χ3v) is 6.61. The first kappa shape index (κ1) is 18.1. The fraction of sp³-hybridized carbons (Fsp3) is 0.417. The zero-order valence-corrected chi connectivity index (χ0v) is 16.6. The van der Waals surface area contributed by atoms with E-state index >= 15 is 0 Å². The first-order chi connectivity index (χ1) is 13.7. The van der Waals surface area contributed by atoms with Crippen LogP contribution in [0.1, 0.15) is 30.4 Å². The standard InChI is InChI=1S/C24H29N3O/c1-3-14-28-18-24-15-25-19(2)26(16-24)23(21-12-8-5-9-13-21)27(17-24)22(25)20-10-6-4-7-11-20/h3-13,19,22-23H,1,14-18H2,2H3. The average molecular weight is 376 g/mol. The topological polar surface area (TPSA) is 19.0 Å². The zero-order valence-electron chi connectivity index (χ0n) is 16.6. The summed E-state index contributed by atoms with van der Waals surface area (Å²) in [6, 6.07) is 22.0. The molecular formula is C24H29N3O. The molecule has 6 rings (SSSR count). The van der Waals surface area contributed by atoms with Crippen molar-refractivity contribution in [3.05, 3.63) is 84.4 Å². The van der Waals surface area contributed by atoms with Gasteiger partial charge >= 0.3 is 0 Å². The van der Waals surface area contributed by atoms with Gasteiger partial charge in [-0.3, -0.25) is 14.7 Å². The minimum Gasteiger partial charge on any atom is -0.377 e. The highest BCUT2D eigenvalue weighted by atomic mass is 16.5. The summed E-state index contributed by atoms with van der Waals surface area (Å²) in [6.07, 6.45) is 2.87. The number of nitrogens with zero attached hydrogens (tertiary/aromatic N) is 3. The number of hydrogen-bond acceptors (Lipinski definition) is 4. The summed E-state index contributed by atoms with van der Waals surface area (Å²) in [4.78, 5) is 8.02. The molecule has 2 aromatic rings. The first-order valence-corrected chi connectivity index (χ1v) is 10.3. The van der Waals surface area contributed by atoms with E-state index in [0.717, 1.165) is 26.2 Å². The smallest absolute Gasteiger partial charge is 0.0914 e. The lowest BCUT2D eigenvalue weighted by Gasteiger charge is -2.69. The average Bonchev–Trinajstić information content (AvgIpc) is 2.73. The maximum Gasteiger partial charge on any atom is 0.0914 e. The van der Waals surface area contributed by atoms with E-state index in [-0.39, 0.29) is 5.41 Å².